The molecule has 2 heterocycles. The molecule has 2 fully saturated rings. The molecule has 0 aromatic carbocycles. The quantitative estimate of drug-likeness (QED) is 0.222. The van der Waals surface area contributed by atoms with Crippen molar-refractivity contribution in [3.63, 3.8) is 0 Å². The second kappa shape index (κ2) is 20.8. The average molecular weight is 519 g/mol. The van der Waals surface area contributed by atoms with E-state index in [-0.39, 0.29) is 43.1 Å². The van der Waals surface area contributed by atoms with Crippen molar-refractivity contribution >= 4 is 35.1 Å². The smallest absolute Gasteiger partial charge is 0.410 e. The number of hydrogen-bond acceptors (Lipinski definition) is 9. The first-order valence-corrected chi connectivity index (χ1v) is 12.2. The molecule has 0 unspecified atom stereocenters. The lowest BCUT2D eigenvalue weighted by molar-refractivity contribution is -0.150. The van der Waals surface area contributed by atoms with E-state index in [1.165, 1.54) is 12.2 Å². The van der Waals surface area contributed by atoms with Crippen LogP contribution in [0.4, 0.5) is 9.59 Å². The Bertz CT molecular complexity index is 660. The molecule has 11 heteroatoms. The molecule has 0 radical (unpaired) electrons. The highest BCUT2D eigenvalue weighted by atomic mass is 35.5. The van der Waals surface area contributed by atoms with Gasteiger partial charge in [0.15, 0.2) is 0 Å². The summed E-state index contributed by atoms with van der Waals surface area (Å²) < 4.78 is 19.0. The zero-order valence-corrected chi connectivity index (χ0v) is 21.6. The Morgan fingerprint density at radius 1 is 0.829 bits per heavy atom. The van der Waals surface area contributed by atoms with Gasteiger partial charge in [0.25, 0.3) is 0 Å². The maximum Gasteiger partial charge on any atom is 0.410 e. The Morgan fingerprint density at radius 3 is 1.69 bits per heavy atom. The number of nitrogens with zero attached hydrogens (tertiary/aromatic N) is 1. The van der Waals surface area contributed by atoms with Crippen molar-refractivity contribution in [3.05, 3.63) is 25.3 Å². The van der Waals surface area contributed by atoms with Gasteiger partial charge in [-0.25, -0.2) is 9.59 Å². The Labute approximate surface area is 212 Å². The SMILES string of the molecule is C=CCOC(=O)Cl.C=CCOC(=O)N1CCC(C(=O)OCC)CC1.CCOC(=O)C1CCNCC1. The van der Waals surface area contributed by atoms with Gasteiger partial charge in [-0.3, -0.25) is 9.59 Å². The molecule has 0 atom stereocenters. The van der Waals surface area contributed by atoms with E-state index < -0.39 is 5.43 Å². The van der Waals surface area contributed by atoms with Crippen LogP contribution >= 0.6 is 11.6 Å². The van der Waals surface area contributed by atoms with Gasteiger partial charge in [-0.1, -0.05) is 25.3 Å². The summed E-state index contributed by atoms with van der Waals surface area (Å²) in [5.41, 5.74) is -0.792. The van der Waals surface area contributed by atoms with Gasteiger partial charge in [0.05, 0.1) is 25.0 Å². The van der Waals surface area contributed by atoms with Crippen LogP contribution in [-0.2, 0) is 28.5 Å². The molecule has 2 saturated heterocycles. The van der Waals surface area contributed by atoms with Crippen LogP contribution in [0.5, 0.6) is 0 Å². The number of rotatable bonds is 8. The molecule has 2 aliphatic heterocycles. The minimum Gasteiger partial charge on any atom is -0.466 e. The summed E-state index contributed by atoms with van der Waals surface area (Å²) >= 11 is 4.75. The molecule has 0 aliphatic carbocycles. The van der Waals surface area contributed by atoms with Gasteiger partial charge in [-0.15, -0.1) is 0 Å². The van der Waals surface area contributed by atoms with Crippen molar-refractivity contribution < 1.29 is 38.1 Å². The predicted molar refractivity (Wildman–Crippen MR) is 132 cm³/mol. The Kier molecular flexibility index (Phi) is 19.2. The van der Waals surface area contributed by atoms with Crippen LogP contribution in [0.2, 0.25) is 0 Å². The van der Waals surface area contributed by atoms with E-state index in [1.54, 1.807) is 11.8 Å². The van der Waals surface area contributed by atoms with Crippen molar-refractivity contribution in [3.8, 4) is 0 Å². The summed E-state index contributed by atoms with van der Waals surface area (Å²) in [6.07, 6.45) is 5.78. The second-order valence-corrected chi connectivity index (χ2v) is 7.80. The summed E-state index contributed by atoms with van der Waals surface area (Å²) in [6, 6.07) is 0. The molecule has 2 aliphatic rings. The Hall–Kier alpha value is -2.59. The maximum absolute atomic E-state index is 11.5. The molecule has 0 aromatic rings. The van der Waals surface area contributed by atoms with Crippen molar-refractivity contribution in [1.82, 2.24) is 10.2 Å². The molecular formula is C24H39ClN2O8. The first-order chi connectivity index (χ1) is 16.8. The van der Waals surface area contributed by atoms with E-state index in [2.05, 4.69) is 23.2 Å². The van der Waals surface area contributed by atoms with Crippen molar-refractivity contribution in [2.75, 3.05) is 52.6 Å². The largest absolute Gasteiger partial charge is 0.466 e. The average Bonchev–Trinajstić information content (AvgIpc) is 2.87. The number of likely N-dealkylation sites (tertiary alicyclic amines) is 1. The van der Waals surface area contributed by atoms with Gasteiger partial charge in [-0.2, -0.15) is 0 Å². The zero-order chi connectivity index (χ0) is 26.5. The lowest BCUT2D eigenvalue weighted by Gasteiger charge is -2.29. The van der Waals surface area contributed by atoms with Crippen LogP contribution in [-0.4, -0.2) is 81.0 Å². The third kappa shape index (κ3) is 15.8. The number of carbonyl (C=O) groups is 4. The highest BCUT2D eigenvalue weighted by Gasteiger charge is 2.28. The van der Waals surface area contributed by atoms with E-state index in [9.17, 15) is 19.2 Å². The fourth-order valence-electron chi connectivity index (χ4n) is 3.22. The number of esters is 2. The second-order valence-electron chi connectivity index (χ2n) is 7.49. The number of nitrogens with one attached hydrogen (secondary N) is 1. The lowest BCUT2D eigenvalue weighted by Crippen LogP contribution is -2.40. The monoisotopic (exact) mass is 518 g/mol. The summed E-state index contributed by atoms with van der Waals surface area (Å²) in [6.45, 7) is 14.7. The fourth-order valence-corrected chi connectivity index (χ4v) is 3.28. The number of halogens is 1. The van der Waals surface area contributed by atoms with E-state index >= 15 is 0 Å². The zero-order valence-electron chi connectivity index (χ0n) is 20.8. The van der Waals surface area contributed by atoms with Crippen molar-refractivity contribution in [2.24, 2.45) is 11.8 Å². The van der Waals surface area contributed by atoms with Gasteiger partial charge in [0.2, 0.25) is 0 Å². The normalized spacial score (nSPS) is 15.7. The van der Waals surface area contributed by atoms with Crippen LogP contribution in [0.25, 0.3) is 0 Å². The van der Waals surface area contributed by atoms with Crippen LogP contribution in [0, 0.1) is 11.8 Å². The highest BCUT2D eigenvalue weighted by Crippen LogP contribution is 2.19. The molecule has 2 rings (SSSR count). The molecule has 200 valence electrons. The van der Waals surface area contributed by atoms with Gasteiger partial charge in [0, 0.05) is 24.7 Å². The number of ether oxygens (including phenoxy) is 4. The van der Waals surface area contributed by atoms with Crippen LogP contribution in [0.3, 0.4) is 0 Å². The lowest BCUT2D eigenvalue weighted by atomic mass is 9.97. The molecular weight excluding hydrogens is 480 g/mol. The minimum atomic E-state index is -0.792. The van der Waals surface area contributed by atoms with Crippen LogP contribution in [0.15, 0.2) is 25.3 Å². The predicted octanol–water partition coefficient (Wildman–Crippen LogP) is 3.68. The minimum absolute atomic E-state index is 0.0194. The van der Waals surface area contributed by atoms with E-state index in [1.807, 2.05) is 6.92 Å². The Morgan fingerprint density at radius 2 is 1.29 bits per heavy atom. The van der Waals surface area contributed by atoms with Gasteiger partial charge < -0.3 is 29.2 Å². The van der Waals surface area contributed by atoms with Gasteiger partial charge in [0.1, 0.15) is 13.2 Å². The molecule has 10 nitrogen and oxygen atoms in total. The first-order valence-electron chi connectivity index (χ1n) is 11.8. The Balaban J connectivity index is 0.000000550. The summed E-state index contributed by atoms with van der Waals surface area (Å²) in [5.74, 6) is -0.116. The number of amides is 1. The summed E-state index contributed by atoms with van der Waals surface area (Å²) in [4.78, 5) is 45.4. The fraction of sp³-hybridized carbons (Fsp3) is 0.667. The van der Waals surface area contributed by atoms with Crippen LogP contribution < -0.4 is 5.32 Å². The van der Waals surface area contributed by atoms with Crippen molar-refractivity contribution in [1.29, 1.82) is 0 Å². The molecule has 0 saturated carbocycles. The maximum atomic E-state index is 11.5. The van der Waals surface area contributed by atoms with Crippen molar-refractivity contribution in [2.45, 2.75) is 39.5 Å². The molecule has 0 bridgehead atoms. The summed E-state index contributed by atoms with van der Waals surface area (Å²) in [7, 11) is 0. The summed E-state index contributed by atoms with van der Waals surface area (Å²) in [5, 5.41) is 3.20. The van der Waals surface area contributed by atoms with Gasteiger partial charge >= 0.3 is 23.5 Å². The standard InChI is InChI=1S/C12H19NO4.C8H15NO2.C4H5ClO2/c1-3-9-17-12(15)13-7-5-10(6-8-13)11(14)16-4-2;1-2-11-8(10)7-3-5-9-6-4-7;1-2-3-7-4(5)6/h3,10H,1,4-9H2,2H3;7,9H,2-6H2,1H3;2H,1,3H2. The number of piperidine rings is 2. The number of carbonyl (C=O) groups excluding carboxylic acids is 4. The van der Waals surface area contributed by atoms with E-state index in [0.29, 0.717) is 39.1 Å². The topological polar surface area (TPSA) is 120 Å². The van der Waals surface area contributed by atoms with Crippen LogP contribution in [0.1, 0.15) is 39.5 Å². The highest BCUT2D eigenvalue weighted by molar-refractivity contribution is 6.61. The first kappa shape index (κ1) is 32.4. The third-order valence-electron chi connectivity index (χ3n) is 4.97. The molecule has 1 amide bonds. The third-order valence-corrected chi connectivity index (χ3v) is 5.08. The molecule has 0 aromatic heterocycles. The van der Waals surface area contributed by atoms with E-state index in [0.717, 1.165) is 25.9 Å². The van der Waals surface area contributed by atoms with Gasteiger partial charge in [-0.05, 0) is 52.6 Å². The molecule has 35 heavy (non-hydrogen) atoms. The molecule has 1 N–H and O–H groups in total. The molecule has 0 spiro atoms. The van der Waals surface area contributed by atoms with E-state index in [4.69, 9.17) is 25.8 Å². The number of hydrogen-bond donors (Lipinski definition) is 1.